The van der Waals surface area contributed by atoms with Crippen molar-refractivity contribution in [2.75, 3.05) is 26.7 Å². The predicted octanol–water partition coefficient (Wildman–Crippen LogP) is 2.65. The van der Waals surface area contributed by atoms with Gasteiger partial charge in [0.15, 0.2) is 5.96 Å². The van der Waals surface area contributed by atoms with E-state index >= 15 is 0 Å². The summed E-state index contributed by atoms with van der Waals surface area (Å²) in [5, 5.41) is 6.84. The Morgan fingerprint density at radius 2 is 1.91 bits per heavy atom. The van der Waals surface area contributed by atoms with Gasteiger partial charge in [0.25, 0.3) is 0 Å². The maximum Gasteiger partial charge on any atom is 0.221 e. The van der Waals surface area contributed by atoms with Gasteiger partial charge in [0, 0.05) is 38.1 Å². The van der Waals surface area contributed by atoms with E-state index in [2.05, 4.69) is 15.6 Å². The molecule has 0 aliphatic heterocycles. The molecule has 0 aliphatic carbocycles. The van der Waals surface area contributed by atoms with Crippen molar-refractivity contribution >= 4 is 23.5 Å². The molecule has 1 rings (SSSR count). The SMILES string of the molecule is CCCNC(=O)CCN=C(NCC)N(C)Cc1ccc(Cl)cc1. The van der Waals surface area contributed by atoms with Gasteiger partial charge >= 0.3 is 0 Å². The van der Waals surface area contributed by atoms with Crippen molar-refractivity contribution in [2.24, 2.45) is 4.99 Å². The lowest BCUT2D eigenvalue weighted by molar-refractivity contribution is -0.120. The van der Waals surface area contributed by atoms with Crippen LogP contribution in [0.1, 0.15) is 32.3 Å². The summed E-state index contributed by atoms with van der Waals surface area (Å²) in [6.07, 6.45) is 1.35. The average molecular weight is 339 g/mol. The molecule has 2 N–H and O–H groups in total. The van der Waals surface area contributed by atoms with Gasteiger partial charge in [-0.1, -0.05) is 30.7 Å². The van der Waals surface area contributed by atoms with Crippen LogP contribution in [0.4, 0.5) is 0 Å². The molecule has 0 radical (unpaired) electrons. The highest BCUT2D eigenvalue weighted by Crippen LogP contribution is 2.11. The number of aliphatic imine (C=N–C) groups is 1. The molecule has 0 fully saturated rings. The minimum absolute atomic E-state index is 0.0480. The van der Waals surface area contributed by atoms with Gasteiger partial charge in [-0.15, -0.1) is 0 Å². The Morgan fingerprint density at radius 1 is 1.22 bits per heavy atom. The predicted molar refractivity (Wildman–Crippen MR) is 96.8 cm³/mol. The van der Waals surface area contributed by atoms with Gasteiger partial charge in [0.1, 0.15) is 0 Å². The van der Waals surface area contributed by atoms with Crippen molar-refractivity contribution < 1.29 is 4.79 Å². The second-order valence-electron chi connectivity index (χ2n) is 5.32. The fourth-order valence-corrected chi connectivity index (χ4v) is 2.15. The minimum Gasteiger partial charge on any atom is -0.357 e. The number of hydrogen-bond donors (Lipinski definition) is 2. The molecule has 1 aromatic rings. The quantitative estimate of drug-likeness (QED) is 0.566. The second kappa shape index (κ2) is 10.9. The summed E-state index contributed by atoms with van der Waals surface area (Å²) in [5.74, 6) is 0.845. The number of hydrogen-bond acceptors (Lipinski definition) is 2. The molecule has 0 heterocycles. The van der Waals surface area contributed by atoms with E-state index in [1.165, 1.54) is 0 Å². The number of rotatable bonds is 8. The van der Waals surface area contributed by atoms with E-state index in [9.17, 15) is 4.79 Å². The van der Waals surface area contributed by atoms with Crippen LogP contribution >= 0.6 is 11.6 Å². The zero-order valence-electron chi connectivity index (χ0n) is 14.2. The lowest BCUT2D eigenvalue weighted by Crippen LogP contribution is -2.38. The molecule has 1 amide bonds. The van der Waals surface area contributed by atoms with Gasteiger partial charge in [0.2, 0.25) is 5.91 Å². The minimum atomic E-state index is 0.0480. The van der Waals surface area contributed by atoms with Gasteiger partial charge in [-0.2, -0.15) is 0 Å². The third-order valence-electron chi connectivity index (χ3n) is 3.20. The summed E-state index contributed by atoms with van der Waals surface area (Å²) in [6.45, 7) is 6.77. The van der Waals surface area contributed by atoms with Crippen molar-refractivity contribution in [3.8, 4) is 0 Å². The number of carbonyl (C=O) groups excluding carboxylic acids is 1. The molecule has 0 bridgehead atoms. The molecule has 128 valence electrons. The number of nitrogens with zero attached hydrogens (tertiary/aromatic N) is 2. The van der Waals surface area contributed by atoms with Crippen molar-refractivity contribution in [3.05, 3.63) is 34.9 Å². The molecule has 0 aromatic heterocycles. The monoisotopic (exact) mass is 338 g/mol. The summed E-state index contributed by atoms with van der Waals surface area (Å²) in [5.41, 5.74) is 1.16. The second-order valence-corrected chi connectivity index (χ2v) is 5.75. The lowest BCUT2D eigenvalue weighted by Gasteiger charge is -2.22. The molecule has 0 aliphatic rings. The van der Waals surface area contributed by atoms with E-state index in [0.717, 1.165) is 42.6 Å². The fourth-order valence-electron chi connectivity index (χ4n) is 2.02. The Labute approximate surface area is 144 Å². The lowest BCUT2D eigenvalue weighted by atomic mass is 10.2. The maximum absolute atomic E-state index is 11.6. The van der Waals surface area contributed by atoms with Crippen molar-refractivity contribution in [1.29, 1.82) is 0 Å². The van der Waals surface area contributed by atoms with Crippen LogP contribution < -0.4 is 10.6 Å². The summed E-state index contributed by atoms with van der Waals surface area (Å²) >= 11 is 5.91. The number of amides is 1. The van der Waals surface area contributed by atoms with Crippen LogP contribution in [0.25, 0.3) is 0 Å². The summed E-state index contributed by atoms with van der Waals surface area (Å²) in [7, 11) is 1.98. The Hall–Kier alpha value is -1.75. The molecule has 6 heteroatoms. The highest BCUT2D eigenvalue weighted by atomic mass is 35.5. The molecular weight excluding hydrogens is 312 g/mol. The highest BCUT2D eigenvalue weighted by molar-refractivity contribution is 6.30. The Morgan fingerprint density at radius 3 is 2.52 bits per heavy atom. The summed E-state index contributed by atoms with van der Waals surface area (Å²) in [6, 6.07) is 7.76. The fraction of sp³-hybridized carbons (Fsp3) is 0.529. The zero-order chi connectivity index (χ0) is 17.1. The van der Waals surface area contributed by atoms with E-state index in [1.807, 2.05) is 50.1 Å². The van der Waals surface area contributed by atoms with E-state index < -0.39 is 0 Å². The first-order chi connectivity index (χ1) is 11.1. The molecule has 1 aromatic carbocycles. The van der Waals surface area contributed by atoms with Crippen molar-refractivity contribution in [1.82, 2.24) is 15.5 Å². The van der Waals surface area contributed by atoms with Crippen molar-refractivity contribution in [3.63, 3.8) is 0 Å². The number of halogens is 1. The molecule has 0 unspecified atom stereocenters. The van der Waals surface area contributed by atoms with Crippen LogP contribution in [0.5, 0.6) is 0 Å². The summed E-state index contributed by atoms with van der Waals surface area (Å²) < 4.78 is 0. The number of guanidine groups is 1. The van der Waals surface area contributed by atoms with Crippen LogP contribution in [0, 0.1) is 0 Å². The smallest absolute Gasteiger partial charge is 0.221 e. The largest absolute Gasteiger partial charge is 0.357 e. The first-order valence-corrected chi connectivity index (χ1v) is 8.45. The van der Waals surface area contributed by atoms with Crippen LogP contribution in [-0.4, -0.2) is 43.4 Å². The molecule has 0 saturated heterocycles. The van der Waals surface area contributed by atoms with Crippen LogP contribution in [0.15, 0.2) is 29.3 Å². The van der Waals surface area contributed by atoms with Crippen LogP contribution in [0.3, 0.4) is 0 Å². The van der Waals surface area contributed by atoms with E-state index in [0.29, 0.717) is 13.0 Å². The molecule has 5 nitrogen and oxygen atoms in total. The first kappa shape index (κ1) is 19.3. The molecule has 0 spiro atoms. The van der Waals surface area contributed by atoms with Gasteiger partial charge in [-0.25, -0.2) is 0 Å². The van der Waals surface area contributed by atoms with Gasteiger partial charge in [-0.3, -0.25) is 9.79 Å². The Bertz CT molecular complexity index is 502. The standard InChI is InChI=1S/C17H27ClN4O/c1-4-11-20-16(23)10-12-21-17(19-5-2)22(3)13-14-6-8-15(18)9-7-14/h6-9H,4-5,10-13H2,1-3H3,(H,19,21)(H,20,23). The molecule has 0 saturated carbocycles. The average Bonchev–Trinajstić information content (AvgIpc) is 2.54. The van der Waals surface area contributed by atoms with E-state index in [-0.39, 0.29) is 5.91 Å². The van der Waals surface area contributed by atoms with E-state index in [1.54, 1.807) is 0 Å². The topological polar surface area (TPSA) is 56.7 Å². The van der Waals surface area contributed by atoms with Gasteiger partial charge < -0.3 is 15.5 Å². The van der Waals surface area contributed by atoms with Crippen molar-refractivity contribution in [2.45, 2.75) is 33.2 Å². The third-order valence-corrected chi connectivity index (χ3v) is 3.45. The third kappa shape index (κ3) is 7.88. The van der Waals surface area contributed by atoms with E-state index in [4.69, 9.17) is 11.6 Å². The number of benzene rings is 1. The molecule has 0 atom stereocenters. The molecular formula is C17H27ClN4O. The van der Waals surface area contributed by atoms with Crippen LogP contribution in [-0.2, 0) is 11.3 Å². The Kier molecular flexibility index (Phi) is 9.14. The highest BCUT2D eigenvalue weighted by Gasteiger charge is 2.07. The maximum atomic E-state index is 11.6. The number of nitrogens with one attached hydrogen (secondary N) is 2. The Balaban J connectivity index is 2.55. The van der Waals surface area contributed by atoms with Gasteiger partial charge in [0.05, 0.1) is 6.54 Å². The summed E-state index contributed by atoms with van der Waals surface area (Å²) in [4.78, 5) is 18.2. The van der Waals surface area contributed by atoms with Crippen LogP contribution in [0.2, 0.25) is 5.02 Å². The normalized spacial score (nSPS) is 11.2. The zero-order valence-corrected chi connectivity index (χ0v) is 15.0. The number of carbonyl (C=O) groups is 1. The molecule has 23 heavy (non-hydrogen) atoms. The first-order valence-electron chi connectivity index (χ1n) is 8.07. The van der Waals surface area contributed by atoms with Gasteiger partial charge in [-0.05, 0) is 31.0 Å².